The molecular weight excluding hydrogens is 284 g/mol. The third-order valence-electron chi connectivity index (χ3n) is 4.83. The number of hydrogen-bond donors (Lipinski definition) is 1. The van der Waals surface area contributed by atoms with E-state index >= 15 is 0 Å². The summed E-state index contributed by atoms with van der Waals surface area (Å²) < 4.78 is 5.88. The van der Waals surface area contributed by atoms with Crippen molar-refractivity contribution in [3.63, 3.8) is 0 Å². The van der Waals surface area contributed by atoms with Crippen molar-refractivity contribution in [3.05, 3.63) is 24.5 Å². The fourth-order valence-corrected chi connectivity index (χ4v) is 3.84. The Kier molecular flexibility index (Phi) is 3.04. The number of rotatable bonds is 3. The molecule has 7 heteroatoms. The Balaban J connectivity index is 1.45. The molecule has 3 fully saturated rings. The zero-order valence-corrected chi connectivity index (χ0v) is 12.2. The molecule has 0 bridgehead atoms. The molecule has 0 saturated carbocycles. The second kappa shape index (κ2) is 4.95. The quantitative estimate of drug-likeness (QED) is 0.854. The number of pyridine rings is 1. The van der Waals surface area contributed by atoms with E-state index in [2.05, 4.69) is 10.3 Å². The summed E-state index contributed by atoms with van der Waals surface area (Å²) in [6, 6.07) is 3.54. The normalized spacial score (nSPS) is 29.6. The zero-order chi connectivity index (χ0) is 15.2. The molecule has 3 aliphatic heterocycles. The van der Waals surface area contributed by atoms with E-state index in [1.807, 2.05) is 17.0 Å². The molecule has 1 aromatic rings. The number of nitrogens with zero attached hydrogens (tertiary/aromatic N) is 3. The molecule has 116 valence electrons. The van der Waals surface area contributed by atoms with Gasteiger partial charge >= 0.3 is 0 Å². The van der Waals surface area contributed by atoms with Gasteiger partial charge in [-0.1, -0.05) is 0 Å². The molecule has 3 saturated heterocycles. The number of anilines is 1. The van der Waals surface area contributed by atoms with E-state index in [9.17, 15) is 9.59 Å². The first-order valence-corrected chi connectivity index (χ1v) is 7.58. The standard InChI is InChI=1S/C15H18N4O3/c20-13-8-12-15(19(13)6-7-22-15)3-5-18(12)14(21)10-17-11-2-1-4-16-9-11/h1-2,4,9,12,17H,3,5-8,10H2/t12-,15+/m1/s1. The van der Waals surface area contributed by atoms with Crippen molar-refractivity contribution in [1.29, 1.82) is 0 Å². The fraction of sp³-hybridized carbons (Fsp3) is 0.533. The van der Waals surface area contributed by atoms with Crippen LogP contribution in [0.2, 0.25) is 0 Å². The Labute approximate surface area is 128 Å². The Hall–Kier alpha value is -2.15. The van der Waals surface area contributed by atoms with E-state index in [0.29, 0.717) is 32.5 Å². The maximum Gasteiger partial charge on any atom is 0.242 e. The van der Waals surface area contributed by atoms with E-state index in [4.69, 9.17) is 4.74 Å². The molecule has 3 aliphatic rings. The predicted octanol–water partition coefficient (Wildman–Crippen LogP) is 0.0532. The third-order valence-corrected chi connectivity index (χ3v) is 4.83. The molecule has 1 spiro atoms. The van der Waals surface area contributed by atoms with Gasteiger partial charge in [0.25, 0.3) is 0 Å². The van der Waals surface area contributed by atoms with Crippen molar-refractivity contribution in [2.45, 2.75) is 24.6 Å². The van der Waals surface area contributed by atoms with Gasteiger partial charge in [-0.05, 0) is 12.1 Å². The zero-order valence-electron chi connectivity index (χ0n) is 12.2. The van der Waals surface area contributed by atoms with Crippen LogP contribution in [0.15, 0.2) is 24.5 Å². The molecule has 0 unspecified atom stereocenters. The van der Waals surface area contributed by atoms with Crippen LogP contribution in [0.25, 0.3) is 0 Å². The highest BCUT2D eigenvalue weighted by Crippen LogP contribution is 2.45. The lowest BCUT2D eigenvalue weighted by Gasteiger charge is -2.31. The Bertz CT molecular complexity index is 608. The first-order valence-electron chi connectivity index (χ1n) is 7.58. The van der Waals surface area contributed by atoms with E-state index in [0.717, 1.165) is 5.69 Å². The minimum atomic E-state index is -0.555. The van der Waals surface area contributed by atoms with Crippen LogP contribution in [0.3, 0.4) is 0 Å². The second-order valence-electron chi connectivity index (χ2n) is 5.89. The van der Waals surface area contributed by atoms with Gasteiger partial charge in [-0.2, -0.15) is 0 Å². The fourth-order valence-electron chi connectivity index (χ4n) is 3.84. The van der Waals surface area contributed by atoms with Crippen LogP contribution in [0.1, 0.15) is 12.8 Å². The molecule has 1 N–H and O–H groups in total. The number of amides is 2. The Morgan fingerprint density at radius 1 is 1.50 bits per heavy atom. The van der Waals surface area contributed by atoms with Gasteiger partial charge in [0, 0.05) is 31.9 Å². The lowest BCUT2D eigenvalue weighted by molar-refractivity contribution is -0.139. The number of nitrogens with one attached hydrogen (secondary N) is 1. The molecule has 2 amide bonds. The molecule has 0 radical (unpaired) electrons. The van der Waals surface area contributed by atoms with Gasteiger partial charge in [0.05, 0.1) is 31.3 Å². The van der Waals surface area contributed by atoms with Crippen molar-refractivity contribution in [3.8, 4) is 0 Å². The van der Waals surface area contributed by atoms with Gasteiger partial charge in [-0.25, -0.2) is 0 Å². The van der Waals surface area contributed by atoms with Crippen LogP contribution in [0.4, 0.5) is 5.69 Å². The maximum absolute atomic E-state index is 12.5. The van der Waals surface area contributed by atoms with Crippen molar-refractivity contribution >= 4 is 17.5 Å². The monoisotopic (exact) mass is 302 g/mol. The van der Waals surface area contributed by atoms with Gasteiger partial charge in [0.15, 0.2) is 5.72 Å². The summed E-state index contributed by atoms with van der Waals surface area (Å²) in [5, 5.41) is 3.08. The van der Waals surface area contributed by atoms with Crippen molar-refractivity contribution < 1.29 is 14.3 Å². The minimum Gasteiger partial charge on any atom is -0.375 e. The highest BCUT2D eigenvalue weighted by atomic mass is 16.5. The van der Waals surface area contributed by atoms with Gasteiger partial charge < -0.3 is 19.9 Å². The summed E-state index contributed by atoms with van der Waals surface area (Å²) in [7, 11) is 0. The van der Waals surface area contributed by atoms with Crippen molar-refractivity contribution in [1.82, 2.24) is 14.8 Å². The molecular formula is C15H18N4O3. The molecule has 1 aromatic heterocycles. The number of likely N-dealkylation sites (tertiary alicyclic amines) is 1. The molecule has 22 heavy (non-hydrogen) atoms. The molecule has 4 rings (SSSR count). The van der Waals surface area contributed by atoms with Crippen LogP contribution < -0.4 is 5.32 Å². The average Bonchev–Trinajstić information content (AvgIpc) is 3.17. The van der Waals surface area contributed by atoms with Crippen LogP contribution in [-0.4, -0.2) is 64.6 Å². The topological polar surface area (TPSA) is 74.8 Å². The summed E-state index contributed by atoms with van der Waals surface area (Å²) in [6.07, 6.45) is 4.45. The van der Waals surface area contributed by atoms with Gasteiger partial charge in [-0.15, -0.1) is 0 Å². The molecule has 4 heterocycles. The summed E-state index contributed by atoms with van der Waals surface area (Å²) in [4.78, 5) is 32.2. The first kappa shape index (κ1) is 13.5. The number of carbonyl (C=O) groups excluding carboxylic acids is 2. The third kappa shape index (κ3) is 1.89. The number of ether oxygens (including phenoxy) is 1. The summed E-state index contributed by atoms with van der Waals surface area (Å²) >= 11 is 0. The van der Waals surface area contributed by atoms with E-state index in [1.165, 1.54) is 0 Å². The second-order valence-corrected chi connectivity index (χ2v) is 5.89. The number of hydrogen-bond acceptors (Lipinski definition) is 5. The largest absolute Gasteiger partial charge is 0.375 e. The molecule has 7 nitrogen and oxygen atoms in total. The summed E-state index contributed by atoms with van der Waals surface area (Å²) in [5.41, 5.74) is 0.257. The van der Waals surface area contributed by atoms with Crippen LogP contribution in [0, 0.1) is 0 Å². The smallest absolute Gasteiger partial charge is 0.242 e. The van der Waals surface area contributed by atoms with Crippen molar-refractivity contribution in [2.75, 3.05) is 31.6 Å². The van der Waals surface area contributed by atoms with Gasteiger partial charge in [-0.3, -0.25) is 14.6 Å². The average molecular weight is 302 g/mol. The van der Waals surface area contributed by atoms with Crippen LogP contribution >= 0.6 is 0 Å². The molecule has 0 aliphatic carbocycles. The Morgan fingerprint density at radius 2 is 2.41 bits per heavy atom. The molecule has 2 atom stereocenters. The van der Waals surface area contributed by atoms with E-state index in [-0.39, 0.29) is 24.4 Å². The lowest BCUT2D eigenvalue weighted by Crippen LogP contribution is -2.49. The highest BCUT2D eigenvalue weighted by molar-refractivity contribution is 5.86. The predicted molar refractivity (Wildman–Crippen MR) is 77.9 cm³/mol. The van der Waals surface area contributed by atoms with E-state index in [1.54, 1.807) is 17.3 Å². The summed E-state index contributed by atoms with van der Waals surface area (Å²) in [5.74, 6) is 0.0936. The minimum absolute atomic E-state index is 0.00382. The SMILES string of the molecule is O=C(CNc1cccnc1)N1CC[C@@]23OCCN2C(=O)C[C@@H]13. The maximum atomic E-state index is 12.5. The first-order chi connectivity index (χ1) is 10.7. The van der Waals surface area contributed by atoms with Gasteiger partial charge in [0.1, 0.15) is 0 Å². The van der Waals surface area contributed by atoms with Crippen LogP contribution in [-0.2, 0) is 14.3 Å². The van der Waals surface area contributed by atoms with Gasteiger partial charge in [0.2, 0.25) is 11.8 Å². The molecule has 0 aromatic carbocycles. The van der Waals surface area contributed by atoms with Crippen LogP contribution in [0.5, 0.6) is 0 Å². The van der Waals surface area contributed by atoms with E-state index < -0.39 is 5.72 Å². The summed E-state index contributed by atoms with van der Waals surface area (Å²) in [6.45, 7) is 2.05. The number of aromatic nitrogens is 1. The van der Waals surface area contributed by atoms with Crippen molar-refractivity contribution in [2.24, 2.45) is 0 Å². The number of carbonyl (C=O) groups is 2. The lowest BCUT2D eigenvalue weighted by atomic mass is 10.1. The Morgan fingerprint density at radius 3 is 3.23 bits per heavy atom. The highest BCUT2D eigenvalue weighted by Gasteiger charge is 2.62.